The minimum absolute atomic E-state index is 0.138. The molecule has 0 saturated carbocycles. The lowest BCUT2D eigenvalue weighted by Gasteiger charge is -2.18. The van der Waals surface area contributed by atoms with Gasteiger partial charge in [-0.25, -0.2) is 17.9 Å². The zero-order valence-corrected chi connectivity index (χ0v) is 12.9. The van der Waals surface area contributed by atoms with Crippen LogP contribution in [0.4, 0.5) is 0 Å². The van der Waals surface area contributed by atoms with Crippen molar-refractivity contribution in [3.63, 3.8) is 0 Å². The van der Waals surface area contributed by atoms with Crippen LogP contribution in [0.2, 0.25) is 5.02 Å². The SMILES string of the molecule is CC(O)(CNS(=O)(=O)c1cccc(Cl)c1Br)C(=O)O. The van der Waals surface area contributed by atoms with Gasteiger partial charge in [-0.3, -0.25) is 0 Å². The van der Waals surface area contributed by atoms with E-state index in [4.69, 9.17) is 16.7 Å². The van der Waals surface area contributed by atoms with E-state index in [1.54, 1.807) is 0 Å². The number of nitrogens with one attached hydrogen (secondary N) is 1. The van der Waals surface area contributed by atoms with Crippen molar-refractivity contribution in [2.45, 2.75) is 17.4 Å². The highest BCUT2D eigenvalue weighted by atomic mass is 79.9. The van der Waals surface area contributed by atoms with Gasteiger partial charge >= 0.3 is 5.97 Å². The maximum atomic E-state index is 12.0. The molecule has 0 amide bonds. The van der Waals surface area contributed by atoms with Crippen molar-refractivity contribution in [2.75, 3.05) is 6.54 Å². The summed E-state index contributed by atoms with van der Waals surface area (Å²) in [6.45, 7) is 0.328. The van der Waals surface area contributed by atoms with Gasteiger partial charge in [0.1, 0.15) is 0 Å². The lowest BCUT2D eigenvalue weighted by molar-refractivity contribution is -0.155. The van der Waals surface area contributed by atoms with Gasteiger partial charge in [0.25, 0.3) is 0 Å². The predicted molar refractivity (Wildman–Crippen MR) is 72.6 cm³/mol. The first-order valence-corrected chi connectivity index (χ1v) is 7.63. The zero-order valence-electron chi connectivity index (χ0n) is 9.72. The third-order valence-electron chi connectivity index (χ3n) is 2.27. The van der Waals surface area contributed by atoms with E-state index in [2.05, 4.69) is 15.9 Å². The van der Waals surface area contributed by atoms with Crippen LogP contribution >= 0.6 is 27.5 Å². The number of rotatable bonds is 5. The summed E-state index contributed by atoms with van der Waals surface area (Å²) in [7, 11) is -3.98. The van der Waals surface area contributed by atoms with Crippen molar-refractivity contribution in [2.24, 2.45) is 0 Å². The summed E-state index contributed by atoms with van der Waals surface area (Å²) in [6.07, 6.45) is 0. The molecule has 1 atom stereocenters. The normalized spacial score (nSPS) is 14.9. The quantitative estimate of drug-likeness (QED) is 0.721. The molecule has 0 heterocycles. The second kappa shape index (κ2) is 5.76. The van der Waals surface area contributed by atoms with Gasteiger partial charge in [0.05, 0.1) is 20.9 Å². The van der Waals surface area contributed by atoms with Crippen LogP contribution in [0.25, 0.3) is 0 Å². The van der Waals surface area contributed by atoms with Crippen LogP contribution in [0.15, 0.2) is 27.6 Å². The van der Waals surface area contributed by atoms with Crippen molar-refractivity contribution >= 4 is 43.5 Å². The zero-order chi connectivity index (χ0) is 14.8. The Kier molecular flexibility index (Phi) is 4.97. The van der Waals surface area contributed by atoms with Crippen LogP contribution in [0.3, 0.4) is 0 Å². The molecule has 1 rings (SSSR count). The smallest absolute Gasteiger partial charge is 0.336 e. The Hall–Kier alpha value is -0.670. The highest BCUT2D eigenvalue weighted by molar-refractivity contribution is 9.10. The van der Waals surface area contributed by atoms with Crippen LogP contribution in [0.5, 0.6) is 0 Å². The molecule has 0 radical (unpaired) electrons. The summed E-state index contributed by atoms with van der Waals surface area (Å²) in [4.78, 5) is 10.5. The number of carboxylic acid groups (broad SMARTS) is 1. The largest absolute Gasteiger partial charge is 0.479 e. The van der Waals surface area contributed by atoms with E-state index < -0.39 is 28.1 Å². The van der Waals surface area contributed by atoms with Gasteiger partial charge < -0.3 is 10.2 Å². The second-order valence-corrected chi connectivity index (χ2v) is 6.89. The minimum atomic E-state index is -3.98. The molecule has 1 aromatic rings. The molecule has 106 valence electrons. The summed E-state index contributed by atoms with van der Waals surface area (Å²) in [5.74, 6) is -1.53. The van der Waals surface area contributed by atoms with Gasteiger partial charge in [0.15, 0.2) is 5.60 Å². The first-order valence-electron chi connectivity index (χ1n) is 4.97. The summed E-state index contributed by atoms with van der Waals surface area (Å²) in [5, 5.41) is 18.4. The number of carboxylic acids is 1. The lowest BCUT2D eigenvalue weighted by Crippen LogP contribution is -2.46. The Bertz CT molecular complexity index is 602. The lowest BCUT2D eigenvalue weighted by atomic mass is 10.1. The molecular weight excluding hydrogens is 362 g/mol. The molecule has 9 heteroatoms. The topological polar surface area (TPSA) is 104 Å². The molecule has 0 aliphatic heterocycles. The Labute approximate surface area is 123 Å². The molecule has 0 fully saturated rings. The number of sulfonamides is 1. The number of aliphatic hydroxyl groups is 1. The molecule has 3 N–H and O–H groups in total. The Morgan fingerprint density at radius 2 is 2.11 bits per heavy atom. The third kappa shape index (κ3) is 3.90. The van der Waals surface area contributed by atoms with Crippen LogP contribution in [0.1, 0.15) is 6.92 Å². The number of hydrogen-bond donors (Lipinski definition) is 3. The fraction of sp³-hybridized carbons (Fsp3) is 0.300. The van der Waals surface area contributed by atoms with Gasteiger partial charge in [-0.2, -0.15) is 0 Å². The molecule has 0 aromatic heterocycles. The van der Waals surface area contributed by atoms with E-state index >= 15 is 0 Å². The number of carbonyl (C=O) groups is 1. The van der Waals surface area contributed by atoms with Crippen molar-refractivity contribution in [3.05, 3.63) is 27.7 Å². The summed E-state index contributed by atoms with van der Waals surface area (Å²) in [6, 6.07) is 4.24. The van der Waals surface area contributed by atoms with E-state index in [9.17, 15) is 18.3 Å². The van der Waals surface area contributed by atoms with E-state index in [1.807, 2.05) is 4.72 Å². The Morgan fingerprint density at radius 3 is 2.63 bits per heavy atom. The fourth-order valence-electron chi connectivity index (χ4n) is 1.08. The van der Waals surface area contributed by atoms with Gasteiger partial charge in [-0.1, -0.05) is 17.7 Å². The Morgan fingerprint density at radius 1 is 1.53 bits per heavy atom. The Balaban J connectivity index is 3.01. The number of benzene rings is 1. The average Bonchev–Trinajstić information content (AvgIpc) is 2.30. The number of aliphatic carboxylic acids is 1. The number of halogens is 2. The first-order chi connectivity index (χ1) is 8.58. The fourth-order valence-corrected chi connectivity index (χ4v) is 3.44. The highest BCUT2D eigenvalue weighted by Gasteiger charge is 2.32. The maximum Gasteiger partial charge on any atom is 0.336 e. The van der Waals surface area contributed by atoms with Crippen LogP contribution < -0.4 is 4.72 Å². The summed E-state index contributed by atoms with van der Waals surface area (Å²) < 4.78 is 26.1. The van der Waals surface area contributed by atoms with Crippen LogP contribution in [-0.4, -0.2) is 36.7 Å². The molecule has 0 spiro atoms. The monoisotopic (exact) mass is 371 g/mol. The number of hydrogen-bond acceptors (Lipinski definition) is 4. The average molecular weight is 373 g/mol. The molecule has 0 aliphatic carbocycles. The van der Waals surface area contributed by atoms with Crippen LogP contribution in [0, 0.1) is 0 Å². The summed E-state index contributed by atoms with van der Waals surface area (Å²) >= 11 is 8.81. The molecule has 19 heavy (non-hydrogen) atoms. The third-order valence-corrected chi connectivity index (χ3v) is 5.38. The standard InChI is InChI=1S/C10H11BrClNO5S/c1-10(16,9(14)15)5-13-19(17,18)7-4-2-3-6(12)8(7)11/h2-4,13,16H,5H2,1H3,(H,14,15). The molecule has 0 saturated heterocycles. The van der Waals surface area contributed by atoms with E-state index in [0.717, 1.165) is 6.92 Å². The van der Waals surface area contributed by atoms with Crippen molar-refractivity contribution in [3.8, 4) is 0 Å². The van der Waals surface area contributed by atoms with E-state index in [1.165, 1.54) is 18.2 Å². The first kappa shape index (κ1) is 16.4. The predicted octanol–water partition coefficient (Wildman–Crippen LogP) is 1.22. The van der Waals surface area contributed by atoms with E-state index in [0.29, 0.717) is 0 Å². The maximum absolute atomic E-state index is 12.0. The van der Waals surface area contributed by atoms with Gasteiger partial charge in [0, 0.05) is 0 Å². The minimum Gasteiger partial charge on any atom is -0.479 e. The molecule has 0 aliphatic rings. The summed E-state index contributed by atoms with van der Waals surface area (Å²) in [5.41, 5.74) is -2.20. The molecule has 6 nitrogen and oxygen atoms in total. The molecular formula is C10H11BrClNO5S. The second-order valence-electron chi connectivity index (χ2n) is 3.96. The van der Waals surface area contributed by atoms with Gasteiger partial charge in [-0.05, 0) is 35.0 Å². The van der Waals surface area contributed by atoms with Crippen LogP contribution in [-0.2, 0) is 14.8 Å². The molecule has 1 aromatic carbocycles. The van der Waals surface area contributed by atoms with Crippen molar-refractivity contribution in [1.29, 1.82) is 0 Å². The molecule has 0 bridgehead atoms. The highest BCUT2D eigenvalue weighted by Crippen LogP contribution is 2.29. The molecule has 1 unspecified atom stereocenters. The van der Waals surface area contributed by atoms with Crippen molar-refractivity contribution < 1.29 is 23.4 Å². The van der Waals surface area contributed by atoms with Gasteiger partial charge in [-0.15, -0.1) is 0 Å². The van der Waals surface area contributed by atoms with Crippen molar-refractivity contribution in [1.82, 2.24) is 4.72 Å². The van der Waals surface area contributed by atoms with Gasteiger partial charge in [0.2, 0.25) is 10.0 Å². The van der Waals surface area contributed by atoms with E-state index in [-0.39, 0.29) is 14.4 Å².